The maximum absolute atomic E-state index is 13.1. The normalized spacial score (nSPS) is 18.9. The SMILES string of the molecule is O=C(O)C1CNCCN1C(=O)c1cc(F)c(F)c(F)c1. The van der Waals surface area contributed by atoms with E-state index in [2.05, 4.69) is 5.32 Å². The smallest absolute Gasteiger partial charge is 0.327 e. The van der Waals surface area contributed by atoms with Gasteiger partial charge < -0.3 is 15.3 Å². The lowest BCUT2D eigenvalue weighted by molar-refractivity contribution is -0.142. The topological polar surface area (TPSA) is 69.6 Å². The van der Waals surface area contributed by atoms with E-state index in [-0.39, 0.29) is 13.1 Å². The molecule has 1 atom stereocenters. The van der Waals surface area contributed by atoms with Gasteiger partial charge in [0, 0.05) is 25.2 Å². The van der Waals surface area contributed by atoms with Crippen LogP contribution in [0.2, 0.25) is 0 Å². The molecule has 0 aliphatic carbocycles. The molecule has 1 aliphatic rings. The molecule has 0 aromatic heterocycles. The third-order valence-corrected chi connectivity index (χ3v) is 3.02. The van der Waals surface area contributed by atoms with Crippen LogP contribution in [0.15, 0.2) is 12.1 Å². The van der Waals surface area contributed by atoms with Gasteiger partial charge in [0.1, 0.15) is 6.04 Å². The van der Waals surface area contributed by atoms with Crippen LogP contribution in [0.3, 0.4) is 0 Å². The number of nitrogens with one attached hydrogen (secondary N) is 1. The zero-order valence-electron chi connectivity index (χ0n) is 10.2. The third kappa shape index (κ3) is 2.60. The molecule has 0 bridgehead atoms. The average Bonchev–Trinajstić information content (AvgIpc) is 2.43. The monoisotopic (exact) mass is 288 g/mol. The van der Waals surface area contributed by atoms with Crippen molar-refractivity contribution in [3.63, 3.8) is 0 Å². The van der Waals surface area contributed by atoms with Crippen molar-refractivity contribution < 1.29 is 27.9 Å². The number of amides is 1. The third-order valence-electron chi connectivity index (χ3n) is 3.02. The van der Waals surface area contributed by atoms with E-state index in [0.717, 1.165) is 4.90 Å². The molecule has 1 amide bonds. The molecule has 108 valence electrons. The van der Waals surface area contributed by atoms with Gasteiger partial charge in [-0.05, 0) is 12.1 Å². The maximum Gasteiger partial charge on any atom is 0.327 e. The Morgan fingerprint density at radius 1 is 1.25 bits per heavy atom. The first-order valence-electron chi connectivity index (χ1n) is 5.81. The Hall–Kier alpha value is -2.09. The minimum absolute atomic E-state index is 0.0350. The van der Waals surface area contributed by atoms with E-state index >= 15 is 0 Å². The first-order valence-corrected chi connectivity index (χ1v) is 5.81. The van der Waals surface area contributed by atoms with Crippen molar-refractivity contribution in [2.24, 2.45) is 0 Å². The number of nitrogens with zero attached hydrogens (tertiary/aromatic N) is 1. The molecule has 1 unspecified atom stereocenters. The Morgan fingerprint density at radius 2 is 1.85 bits per heavy atom. The molecule has 20 heavy (non-hydrogen) atoms. The van der Waals surface area contributed by atoms with Crippen LogP contribution in [0.1, 0.15) is 10.4 Å². The molecule has 8 heteroatoms. The van der Waals surface area contributed by atoms with Crippen LogP contribution in [0.25, 0.3) is 0 Å². The van der Waals surface area contributed by atoms with E-state index in [4.69, 9.17) is 5.11 Å². The largest absolute Gasteiger partial charge is 0.480 e. The number of hydrogen-bond donors (Lipinski definition) is 2. The zero-order valence-corrected chi connectivity index (χ0v) is 10.2. The van der Waals surface area contributed by atoms with Crippen molar-refractivity contribution >= 4 is 11.9 Å². The zero-order chi connectivity index (χ0) is 14.9. The number of carboxylic acids is 1. The second-order valence-corrected chi connectivity index (χ2v) is 4.31. The molecule has 1 aromatic carbocycles. The van der Waals surface area contributed by atoms with Crippen molar-refractivity contribution in [3.05, 3.63) is 35.1 Å². The summed E-state index contributed by atoms with van der Waals surface area (Å²) < 4.78 is 39.1. The van der Waals surface area contributed by atoms with E-state index < -0.39 is 40.9 Å². The summed E-state index contributed by atoms with van der Waals surface area (Å²) in [5.41, 5.74) is -0.422. The number of carbonyl (C=O) groups is 2. The van der Waals surface area contributed by atoms with Gasteiger partial charge in [-0.1, -0.05) is 0 Å². The van der Waals surface area contributed by atoms with Crippen LogP contribution < -0.4 is 5.32 Å². The Morgan fingerprint density at radius 3 is 2.40 bits per heavy atom. The van der Waals surface area contributed by atoms with Crippen LogP contribution in [-0.2, 0) is 4.79 Å². The van der Waals surface area contributed by atoms with Crippen LogP contribution >= 0.6 is 0 Å². The summed E-state index contributed by atoms with van der Waals surface area (Å²) in [4.78, 5) is 24.1. The van der Waals surface area contributed by atoms with Crippen LogP contribution in [0.5, 0.6) is 0 Å². The van der Waals surface area contributed by atoms with Crippen molar-refractivity contribution in [3.8, 4) is 0 Å². The summed E-state index contributed by atoms with van der Waals surface area (Å²) in [7, 11) is 0. The van der Waals surface area contributed by atoms with Gasteiger partial charge >= 0.3 is 5.97 Å². The second-order valence-electron chi connectivity index (χ2n) is 4.31. The van der Waals surface area contributed by atoms with Gasteiger partial charge in [-0.2, -0.15) is 0 Å². The summed E-state index contributed by atoms with van der Waals surface area (Å²) in [5.74, 6) is -6.73. The summed E-state index contributed by atoms with van der Waals surface area (Å²) >= 11 is 0. The highest BCUT2D eigenvalue weighted by Crippen LogP contribution is 2.17. The molecule has 2 rings (SSSR count). The molecular formula is C12H11F3N2O3. The van der Waals surface area contributed by atoms with E-state index in [1.165, 1.54) is 0 Å². The minimum atomic E-state index is -1.67. The molecule has 1 aliphatic heterocycles. The molecular weight excluding hydrogens is 277 g/mol. The fourth-order valence-corrected chi connectivity index (χ4v) is 2.01. The predicted octanol–water partition coefficient (Wildman–Crippen LogP) is 0.603. The van der Waals surface area contributed by atoms with Crippen molar-refractivity contribution in [1.29, 1.82) is 0 Å². The van der Waals surface area contributed by atoms with Gasteiger partial charge in [-0.25, -0.2) is 18.0 Å². The van der Waals surface area contributed by atoms with Crippen LogP contribution in [-0.4, -0.2) is 47.6 Å². The number of rotatable bonds is 2. The maximum atomic E-state index is 13.1. The van der Waals surface area contributed by atoms with Gasteiger partial charge in [0.15, 0.2) is 17.5 Å². The standard InChI is InChI=1S/C12H11F3N2O3/c13-7-3-6(4-8(14)10(7)15)11(18)17-2-1-16-5-9(17)12(19)20/h3-4,9,16H,1-2,5H2,(H,19,20). The van der Waals surface area contributed by atoms with Crippen molar-refractivity contribution in [1.82, 2.24) is 10.2 Å². The number of benzene rings is 1. The van der Waals surface area contributed by atoms with Crippen molar-refractivity contribution in [2.75, 3.05) is 19.6 Å². The van der Waals surface area contributed by atoms with Gasteiger partial charge in [0.05, 0.1) is 0 Å². The number of piperazine rings is 1. The van der Waals surface area contributed by atoms with Crippen LogP contribution in [0.4, 0.5) is 13.2 Å². The highest BCUT2D eigenvalue weighted by Gasteiger charge is 2.33. The average molecular weight is 288 g/mol. The number of hydrogen-bond acceptors (Lipinski definition) is 3. The van der Waals surface area contributed by atoms with Gasteiger partial charge in [0.2, 0.25) is 0 Å². The Bertz CT molecular complexity index is 542. The minimum Gasteiger partial charge on any atom is -0.480 e. The van der Waals surface area contributed by atoms with E-state index in [1.54, 1.807) is 0 Å². The van der Waals surface area contributed by atoms with Gasteiger partial charge in [-0.3, -0.25) is 4.79 Å². The number of aliphatic carboxylic acids is 1. The Kier molecular flexibility index (Phi) is 3.93. The van der Waals surface area contributed by atoms with Gasteiger partial charge in [-0.15, -0.1) is 0 Å². The summed E-state index contributed by atoms with van der Waals surface area (Å²) in [6, 6.07) is -0.0175. The number of carbonyl (C=O) groups excluding carboxylic acids is 1. The summed E-state index contributed by atoms with van der Waals surface area (Å²) in [5, 5.41) is 11.8. The molecule has 1 heterocycles. The molecule has 2 N–H and O–H groups in total. The predicted molar refractivity (Wildman–Crippen MR) is 61.6 cm³/mol. The first-order chi connectivity index (χ1) is 9.41. The number of carboxylic acid groups (broad SMARTS) is 1. The number of halogens is 3. The van der Waals surface area contributed by atoms with Gasteiger partial charge in [0.25, 0.3) is 5.91 Å². The highest BCUT2D eigenvalue weighted by atomic mass is 19.2. The van der Waals surface area contributed by atoms with Crippen LogP contribution in [0, 0.1) is 17.5 Å². The Labute approximate surface area is 112 Å². The lowest BCUT2D eigenvalue weighted by Crippen LogP contribution is -2.57. The lowest BCUT2D eigenvalue weighted by atomic mass is 10.1. The fraction of sp³-hybridized carbons (Fsp3) is 0.333. The highest BCUT2D eigenvalue weighted by molar-refractivity contribution is 5.96. The second kappa shape index (κ2) is 5.49. The van der Waals surface area contributed by atoms with E-state index in [0.29, 0.717) is 18.7 Å². The summed E-state index contributed by atoms with van der Waals surface area (Å²) in [6.45, 7) is 0.478. The fourth-order valence-electron chi connectivity index (χ4n) is 2.01. The summed E-state index contributed by atoms with van der Waals surface area (Å²) in [6.07, 6.45) is 0. The lowest BCUT2D eigenvalue weighted by Gasteiger charge is -2.33. The van der Waals surface area contributed by atoms with E-state index in [1.807, 2.05) is 0 Å². The molecule has 0 radical (unpaired) electrons. The molecule has 0 saturated carbocycles. The van der Waals surface area contributed by atoms with Crippen molar-refractivity contribution in [2.45, 2.75) is 6.04 Å². The molecule has 5 nitrogen and oxygen atoms in total. The molecule has 1 saturated heterocycles. The quantitative estimate of drug-likeness (QED) is 0.782. The molecule has 0 spiro atoms. The Balaban J connectivity index is 2.32. The molecule has 1 fully saturated rings. The first kappa shape index (κ1) is 14.3. The molecule has 1 aromatic rings. The van der Waals surface area contributed by atoms with E-state index in [9.17, 15) is 22.8 Å².